The van der Waals surface area contributed by atoms with Crippen LogP contribution in [0.15, 0.2) is 24.3 Å². The Morgan fingerprint density at radius 2 is 2.41 bits per heavy atom. The first-order chi connectivity index (χ1) is 8.14. The van der Waals surface area contributed by atoms with Crippen LogP contribution in [0.2, 0.25) is 0 Å². The molecule has 0 saturated carbocycles. The van der Waals surface area contributed by atoms with E-state index in [-0.39, 0.29) is 13.0 Å². The first-order valence-electron chi connectivity index (χ1n) is 5.97. The lowest BCUT2D eigenvalue weighted by molar-refractivity contribution is -0.153. The molecule has 2 aliphatic rings. The fourth-order valence-corrected chi connectivity index (χ4v) is 2.45. The second kappa shape index (κ2) is 5.00. The maximum Gasteiger partial charge on any atom is 0.345 e. The van der Waals surface area contributed by atoms with Gasteiger partial charge in [0.05, 0.1) is 7.11 Å². The molecular formula is C13H18FNO2. The molecule has 0 spiro atoms. The highest BCUT2D eigenvalue weighted by molar-refractivity contribution is 5.80. The molecule has 0 radical (unpaired) electrons. The van der Waals surface area contributed by atoms with E-state index in [0.717, 1.165) is 13.0 Å². The van der Waals surface area contributed by atoms with Crippen LogP contribution in [-0.2, 0) is 9.53 Å². The smallest absolute Gasteiger partial charge is 0.345 e. The number of hydrogen-bond acceptors (Lipinski definition) is 3. The zero-order valence-electron chi connectivity index (χ0n) is 10.1. The van der Waals surface area contributed by atoms with Crippen LogP contribution in [0, 0.1) is 5.92 Å². The van der Waals surface area contributed by atoms with E-state index >= 15 is 0 Å². The summed E-state index contributed by atoms with van der Waals surface area (Å²) in [5.41, 5.74) is -1.80. The maximum atomic E-state index is 14.2. The van der Waals surface area contributed by atoms with Gasteiger partial charge in [-0.05, 0) is 12.3 Å². The van der Waals surface area contributed by atoms with Crippen LogP contribution in [0.4, 0.5) is 4.39 Å². The molecule has 2 atom stereocenters. The Labute approximate surface area is 101 Å². The number of alkyl halides is 1. The quantitative estimate of drug-likeness (QED) is 0.702. The lowest BCUT2D eigenvalue weighted by atomic mass is 10.0. The summed E-state index contributed by atoms with van der Waals surface area (Å²) in [4.78, 5) is 13.3. The van der Waals surface area contributed by atoms with Crippen LogP contribution in [0.5, 0.6) is 0 Å². The van der Waals surface area contributed by atoms with Crippen LogP contribution >= 0.6 is 0 Å². The average Bonchev–Trinajstić information content (AvgIpc) is 2.72. The lowest BCUT2D eigenvalue weighted by Crippen LogP contribution is -2.39. The second-order valence-corrected chi connectivity index (χ2v) is 4.75. The highest BCUT2D eigenvalue weighted by Crippen LogP contribution is 2.28. The number of likely N-dealkylation sites (tertiary alicyclic amines) is 1. The summed E-state index contributed by atoms with van der Waals surface area (Å²) in [6, 6.07) is 0. The summed E-state index contributed by atoms with van der Waals surface area (Å²) in [6.45, 7) is 1.59. The minimum absolute atomic E-state index is 0.160. The molecular weight excluding hydrogens is 221 g/mol. The van der Waals surface area contributed by atoms with Gasteiger partial charge < -0.3 is 4.74 Å². The third-order valence-electron chi connectivity index (χ3n) is 3.41. The van der Waals surface area contributed by atoms with E-state index in [2.05, 4.69) is 16.9 Å². The van der Waals surface area contributed by atoms with E-state index in [1.54, 1.807) is 0 Å². The molecule has 1 aliphatic carbocycles. The van der Waals surface area contributed by atoms with Crippen molar-refractivity contribution in [1.82, 2.24) is 4.90 Å². The molecule has 17 heavy (non-hydrogen) atoms. The summed E-state index contributed by atoms with van der Waals surface area (Å²) in [6.07, 6.45) is 9.53. The van der Waals surface area contributed by atoms with Gasteiger partial charge in [-0.15, -0.1) is 0 Å². The van der Waals surface area contributed by atoms with Gasteiger partial charge in [0.2, 0.25) is 5.67 Å². The number of allylic oxidation sites excluding steroid dienone is 3. The van der Waals surface area contributed by atoms with Crippen molar-refractivity contribution in [2.45, 2.75) is 18.5 Å². The molecule has 0 aromatic carbocycles. The van der Waals surface area contributed by atoms with E-state index in [1.807, 2.05) is 17.1 Å². The summed E-state index contributed by atoms with van der Waals surface area (Å²) in [5, 5.41) is 0. The predicted octanol–water partition coefficient (Wildman–Crippen LogP) is 1.71. The first-order valence-corrected chi connectivity index (χ1v) is 5.97. The Hall–Kier alpha value is -1.16. The van der Waals surface area contributed by atoms with Gasteiger partial charge in [0.1, 0.15) is 0 Å². The fraction of sp³-hybridized carbons (Fsp3) is 0.615. The Morgan fingerprint density at radius 1 is 1.59 bits per heavy atom. The minimum atomic E-state index is -1.80. The number of methoxy groups -OCH3 is 1. The predicted molar refractivity (Wildman–Crippen MR) is 63.3 cm³/mol. The van der Waals surface area contributed by atoms with E-state index in [1.165, 1.54) is 7.11 Å². The highest BCUT2D eigenvalue weighted by atomic mass is 19.1. The molecule has 0 amide bonds. The Bertz CT molecular complexity index is 353. The van der Waals surface area contributed by atoms with E-state index in [9.17, 15) is 9.18 Å². The van der Waals surface area contributed by atoms with Crippen LogP contribution in [0.25, 0.3) is 0 Å². The standard InChI is InChI=1S/C13H18FNO2/c1-17-12(16)13(14)7-8-15(10-13)9-11-5-3-2-4-6-11/h2-5,11H,6-10H2,1H3. The lowest BCUT2D eigenvalue weighted by Gasteiger charge is -2.22. The Balaban J connectivity index is 1.87. The van der Waals surface area contributed by atoms with Gasteiger partial charge in [0, 0.05) is 26.1 Å². The largest absolute Gasteiger partial charge is 0.467 e. The van der Waals surface area contributed by atoms with Crippen molar-refractivity contribution in [3.63, 3.8) is 0 Å². The number of halogens is 1. The molecule has 3 nitrogen and oxygen atoms in total. The molecule has 0 bridgehead atoms. The van der Waals surface area contributed by atoms with Crippen molar-refractivity contribution >= 4 is 5.97 Å². The Kier molecular flexibility index (Phi) is 3.62. The highest BCUT2D eigenvalue weighted by Gasteiger charge is 2.46. The molecule has 94 valence electrons. The molecule has 1 aliphatic heterocycles. The normalized spacial score (nSPS) is 32.9. The zero-order valence-corrected chi connectivity index (χ0v) is 10.1. The van der Waals surface area contributed by atoms with E-state index < -0.39 is 11.6 Å². The van der Waals surface area contributed by atoms with Crippen LogP contribution in [0.1, 0.15) is 12.8 Å². The van der Waals surface area contributed by atoms with Crippen LogP contribution in [0.3, 0.4) is 0 Å². The van der Waals surface area contributed by atoms with Gasteiger partial charge >= 0.3 is 5.97 Å². The van der Waals surface area contributed by atoms with E-state index in [4.69, 9.17) is 0 Å². The summed E-state index contributed by atoms with van der Waals surface area (Å²) in [5.74, 6) is -0.306. The van der Waals surface area contributed by atoms with Crippen LogP contribution in [-0.4, -0.2) is 43.3 Å². The topological polar surface area (TPSA) is 29.5 Å². The Morgan fingerprint density at radius 3 is 3.06 bits per heavy atom. The van der Waals surface area contributed by atoms with Gasteiger partial charge in [-0.2, -0.15) is 0 Å². The molecule has 1 heterocycles. The summed E-state index contributed by atoms with van der Waals surface area (Å²) < 4.78 is 18.7. The van der Waals surface area contributed by atoms with E-state index in [0.29, 0.717) is 12.5 Å². The van der Waals surface area contributed by atoms with Crippen molar-refractivity contribution in [2.75, 3.05) is 26.7 Å². The number of hydrogen-bond donors (Lipinski definition) is 0. The summed E-state index contributed by atoms with van der Waals surface area (Å²) >= 11 is 0. The third-order valence-corrected chi connectivity index (χ3v) is 3.41. The van der Waals surface area contributed by atoms with Gasteiger partial charge in [-0.25, -0.2) is 9.18 Å². The maximum absolute atomic E-state index is 14.2. The molecule has 2 rings (SSSR count). The number of carbonyl (C=O) groups excluding carboxylic acids is 1. The third kappa shape index (κ3) is 2.75. The SMILES string of the molecule is COC(=O)C1(F)CCN(CC2C=CC=CC2)C1. The number of nitrogens with zero attached hydrogens (tertiary/aromatic N) is 1. The molecule has 0 aromatic heterocycles. The van der Waals surface area contributed by atoms with Crippen molar-refractivity contribution in [3.8, 4) is 0 Å². The second-order valence-electron chi connectivity index (χ2n) is 4.75. The molecule has 1 fully saturated rings. The molecule has 4 heteroatoms. The number of esters is 1. The van der Waals surface area contributed by atoms with Crippen molar-refractivity contribution in [1.29, 1.82) is 0 Å². The van der Waals surface area contributed by atoms with Gasteiger partial charge in [0.25, 0.3) is 0 Å². The van der Waals surface area contributed by atoms with Crippen molar-refractivity contribution in [2.24, 2.45) is 5.92 Å². The molecule has 2 unspecified atom stereocenters. The monoisotopic (exact) mass is 239 g/mol. The van der Waals surface area contributed by atoms with Crippen molar-refractivity contribution in [3.05, 3.63) is 24.3 Å². The molecule has 0 N–H and O–H groups in total. The van der Waals surface area contributed by atoms with Crippen molar-refractivity contribution < 1.29 is 13.9 Å². The first kappa shape index (κ1) is 12.3. The average molecular weight is 239 g/mol. The molecule has 1 saturated heterocycles. The van der Waals surface area contributed by atoms with Crippen LogP contribution < -0.4 is 0 Å². The minimum Gasteiger partial charge on any atom is -0.467 e. The van der Waals surface area contributed by atoms with Gasteiger partial charge in [-0.3, -0.25) is 4.90 Å². The van der Waals surface area contributed by atoms with Gasteiger partial charge in [-0.1, -0.05) is 24.3 Å². The zero-order chi connectivity index (χ0) is 12.3. The fourth-order valence-electron chi connectivity index (χ4n) is 2.45. The number of rotatable bonds is 3. The number of ether oxygens (including phenoxy) is 1. The van der Waals surface area contributed by atoms with Gasteiger partial charge in [0.15, 0.2) is 0 Å². The molecule has 0 aromatic rings. The summed E-state index contributed by atoms with van der Waals surface area (Å²) in [7, 11) is 1.24. The number of carbonyl (C=O) groups is 1.